The Morgan fingerprint density at radius 1 is 0.585 bits per heavy atom. The van der Waals surface area contributed by atoms with Gasteiger partial charge in [-0.05, 0) is 85.3 Å². The molecule has 8 aromatic rings. The first-order valence-corrected chi connectivity index (χ1v) is 18.4. The Morgan fingerprint density at radius 2 is 0.962 bits per heavy atom. The van der Waals surface area contributed by atoms with Gasteiger partial charge in [0.05, 0.1) is 11.0 Å². The molecule has 2 atom stereocenters. The summed E-state index contributed by atoms with van der Waals surface area (Å²) in [6.45, 7) is 16.4. The fraction of sp³-hybridized carbons (Fsp3) is 0.174. The Bertz CT molecular complexity index is 2190. The average molecular weight is 710 g/mol. The number of benzene rings is 4. The zero-order valence-corrected chi connectivity index (χ0v) is 32.6. The van der Waals surface area contributed by atoms with E-state index in [-0.39, 0.29) is 8.41 Å². The average Bonchev–Trinajstić information content (AvgIpc) is 3.75. The molecule has 4 radical (unpaired) electrons. The molecule has 4 aromatic carbocycles. The van der Waals surface area contributed by atoms with Crippen LogP contribution in [-0.2, 0) is 0 Å². The minimum atomic E-state index is 0. The molecule has 5 nitrogen and oxygen atoms in total. The molecule has 1 N–H and O–H groups in total. The number of hydrogen-bond acceptors (Lipinski definition) is 3. The predicted octanol–water partition coefficient (Wildman–Crippen LogP) is 12.5. The number of rotatable bonds is 6. The Morgan fingerprint density at radius 3 is 1.32 bits per heavy atom. The summed E-state index contributed by atoms with van der Waals surface area (Å²) in [4.78, 5) is 7.81. The molecule has 0 bridgehead atoms. The van der Waals surface area contributed by atoms with E-state index in [2.05, 4.69) is 169 Å². The van der Waals surface area contributed by atoms with Crippen LogP contribution in [0.15, 0.2) is 159 Å². The molecule has 264 valence electrons. The zero-order chi connectivity index (χ0) is 37.3. The van der Waals surface area contributed by atoms with E-state index >= 15 is 0 Å². The topological polar surface area (TPSA) is 59.5 Å². The van der Waals surface area contributed by atoms with E-state index in [1.807, 2.05) is 30.7 Å². The normalized spacial score (nSPS) is 11.2. The van der Waals surface area contributed by atoms with Crippen LogP contribution >= 0.6 is 0 Å². The molecule has 4 aromatic heterocycles. The predicted molar refractivity (Wildman–Crippen MR) is 232 cm³/mol. The molecular formula is C46H49AlBN5. The van der Waals surface area contributed by atoms with Crippen LogP contribution in [0.25, 0.3) is 55.9 Å². The molecule has 53 heavy (non-hydrogen) atoms. The van der Waals surface area contributed by atoms with Gasteiger partial charge in [-0.1, -0.05) is 113 Å². The Kier molecular flexibility index (Phi) is 17.4. The minimum absolute atomic E-state index is 0. The summed E-state index contributed by atoms with van der Waals surface area (Å²) in [5.41, 5.74) is 7.63. The van der Waals surface area contributed by atoms with Crippen LogP contribution in [0.1, 0.15) is 63.6 Å². The molecular weight excluding hydrogens is 660 g/mol. The van der Waals surface area contributed by atoms with Gasteiger partial charge < -0.3 is 9.13 Å². The quantitative estimate of drug-likeness (QED) is 0.175. The van der Waals surface area contributed by atoms with Crippen LogP contribution in [0.2, 0.25) is 0 Å². The third kappa shape index (κ3) is 10.4. The molecule has 2 unspecified atom stereocenters. The number of nitrogens with one attached hydrogen (secondary N) is 1. The van der Waals surface area contributed by atoms with Crippen molar-refractivity contribution in [1.82, 2.24) is 19.1 Å². The molecule has 0 spiro atoms. The summed E-state index contributed by atoms with van der Waals surface area (Å²) in [5, 5.41) is 5.30. The first kappa shape index (κ1) is 42.1. The molecule has 0 saturated heterocycles. The molecule has 0 aliphatic heterocycles. The van der Waals surface area contributed by atoms with E-state index in [4.69, 9.17) is 4.35 Å². The number of fused-ring (bicyclic) bond motifs is 6. The van der Waals surface area contributed by atoms with Gasteiger partial charge in [-0.15, -0.1) is 0 Å². The van der Waals surface area contributed by atoms with Gasteiger partial charge in [0.2, 0.25) is 0 Å². The van der Waals surface area contributed by atoms with Crippen molar-refractivity contribution in [2.24, 2.45) is 0 Å². The van der Waals surface area contributed by atoms with Crippen LogP contribution in [-0.4, -0.2) is 43.6 Å². The van der Waals surface area contributed by atoms with Crippen LogP contribution in [0.5, 0.6) is 0 Å². The van der Waals surface area contributed by atoms with Crippen molar-refractivity contribution in [1.29, 1.82) is 4.35 Å². The van der Waals surface area contributed by atoms with Crippen molar-refractivity contribution in [3.63, 3.8) is 0 Å². The summed E-state index contributed by atoms with van der Waals surface area (Å²) < 4.78 is 10.3. The third-order valence-electron chi connectivity index (χ3n) is 9.28. The van der Waals surface area contributed by atoms with E-state index in [0.29, 0.717) is 12.0 Å². The van der Waals surface area contributed by atoms with E-state index < -0.39 is 0 Å². The summed E-state index contributed by atoms with van der Waals surface area (Å²) in [7, 11) is 0. The summed E-state index contributed by atoms with van der Waals surface area (Å²) in [6.07, 6.45) is 13.2. The summed E-state index contributed by atoms with van der Waals surface area (Å²) in [5.74, 6) is 0.669. The van der Waals surface area contributed by atoms with Crippen molar-refractivity contribution in [3.8, 4) is 0 Å². The van der Waals surface area contributed by atoms with Crippen LogP contribution < -0.4 is 0 Å². The van der Waals surface area contributed by atoms with E-state index in [9.17, 15) is 0 Å². The molecule has 7 heteroatoms. The fourth-order valence-electron chi connectivity index (χ4n) is 6.19. The number of para-hydroxylation sites is 4. The van der Waals surface area contributed by atoms with Gasteiger partial charge in [-0.2, -0.15) is 0 Å². The van der Waals surface area contributed by atoms with Crippen LogP contribution in [0, 0.1) is 4.35 Å². The number of aromatic nitrogens is 4. The van der Waals surface area contributed by atoms with Crippen molar-refractivity contribution in [2.75, 3.05) is 0 Å². The van der Waals surface area contributed by atoms with Gasteiger partial charge in [-0.3, -0.25) is 9.97 Å². The Hall–Kier alpha value is -5.34. The molecule has 0 aliphatic carbocycles. The number of hydrogen-bond donors (Lipinski definition) is 1. The van der Waals surface area contributed by atoms with Gasteiger partial charge in [0, 0.05) is 78.0 Å². The van der Waals surface area contributed by atoms with Gasteiger partial charge in [0.1, 0.15) is 0 Å². The zero-order valence-electron chi connectivity index (χ0n) is 31.4. The Labute approximate surface area is 325 Å². The van der Waals surface area contributed by atoms with E-state index in [1.54, 1.807) is 34.6 Å². The van der Waals surface area contributed by atoms with Crippen molar-refractivity contribution >= 4 is 80.4 Å². The molecule has 0 fully saturated rings. The molecule has 8 rings (SSSR count). The first-order chi connectivity index (χ1) is 25.5. The van der Waals surface area contributed by atoms with Gasteiger partial charge in [0.25, 0.3) is 0 Å². The van der Waals surface area contributed by atoms with Gasteiger partial charge in [0.15, 0.2) is 0 Å². The summed E-state index contributed by atoms with van der Waals surface area (Å²) in [6, 6.07) is 42.7. The van der Waals surface area contributed by atoms with Crippen molar-refractivity contribution < 1.29 is 0 Å². The first-order valence-electron chi connectivity index (χ1n) is 17.8. The number of nitrogens with zero attached hydrogens (tertiary/aromatic N) is 4. The molecule has 0 aliphatic rings. The second kappa shape index (κ2) is 21.9. The van der Waals surface area contributed by atoms with Crippen molar-refractivity contribution in [3.05, 3.63) is 170 Å². The van der Waals surface area contributed by atoms with Crippen LogP contribution in [0.3, 0.4) is 0 Å². The van der Waals surface area contributed by atoms with E-state index in [0.717, 1.165) is 12.0 Å². The van der Waals surface area contributed by atoms with Gasteiger partial charge in [-0.25, -0.2) is 0 Å². The monoisotopic (exact) mass is 709 g/mol. The Balaban J connectivity index is 0.000000193. The third-order valence-corrected chi connectivity index (χ3v) is 9.28. The second-order valence-corrected chi connectivity index (χ2v) is 12.3. The molecule has 4 heterocycles. The molecule has 0 amide bonds. The fourth-order valence-corrected chi connectivity index (χ4v) is 6.19. The maximum absolute atomic E-state index is 5.67. The van der Waals surface area contributed by atoms with Crippen molar-refractivity contribution in [2.45, 2.75) is 52.5 Å². The van der Waals surface area contributed by atoms with Gasteiger partial charge >= 0.3 is 20.4 Å². The summed E-state index contributed by atoms with van der Waals surface area (Å²) >= 11 is 1.67. The number of pyridine rings is 2. The van der Waals surface area contributed by atoms with Crippen LogP contribution in [0.4, 0.5) is 0 Å². The second-order valence-electron chi connectivity index (χ2n) is 12.3. The standard InChI is InChI=1S/C16H17N.C14H11N.C9H13N.C7H7N.Al.B.HN/c1-3-12(2)17-15-10-6-4-8-13(15)14-9-5-7-11-16(14)17;1-2-15-13-9-5-3-7-11(13)12-8-4-6-10-14(12)15;1-3-8(2)9-4-6-10-7-5-9;1-2-7-3-5-8-6-4-7;;;/h4-12H,3H2,1-2H3;2-10H,1H2;4-8H,3H2,1-2H3;2-6H,1H2;;;1H. The SMILES string of the molecule is C=Cc1ccncc1.C=Cn1c2ccccc2c2ccccc21.CCC(C)c1ccncc1.CCC(C)n1c2ccccc2c2ccccc21.[B].[NH]=[Al]. The maximum atomic E-state index is 5.67. The molecule has 0 saturated carbocycles. The van der Waals surface area contributed by atoms with E-state index in [1.165, 1.54) is 55.6 Å².